The number of nitrogens with one attached hydrogen (secondary N) is 1. The number of nitrogens with zero attached hydrogens (tertiary/aromatic N) is 2. The quantitative estimate of drug-likeness (QED) is 0.628. The predicted molar refractivity (Wildman–Crippen MR) is 106 cm³/mol. The monoisotopic (exact) mass is 433 g/mol. The minimum Gasteiger partial charge on any atom is -0.497 e. The molecule has 0 spiro atoms. The number of aromatic amines is 1. The molecule has 162 valence electrons. The maximum absolute atomic E-state index is 14.2. The van der Waals surface area contributed by atoms with E-state index in [0.717, 1.165) is 12.1 Å². The molecule has 1 aliphatic rings. The lowest BCUT2D eigenvalue weighted by atomic mass is 10.0. The van der Waals surface area contributed by atoms with Crippen molar-refractivity contribution in [1.29, 1.82) is 0 Å². The molecule has 2 aromatic carbocycles. The fraction of sp³-hybridized carbons (Fsp3) is 0.273. The number of H-pyrrole nitrogens is 1. The summed E-state index contributed by atoms with van der Waals surface area (Å²) in [5.74, 6) is 0.399. The smallest absolute Gasteiger partial charge is 0.416 e. The van der Waals surface area contributed by atoms with Gasteiger partial charge in [0.2, 0.25) is 0 Å². The Hall–Kier alpha value is -3.20. The molecule has 0 atom stereocenters. The highest BCUT2D eigenvalue weighted by Crippen LogP contribution is 2.30. The fourth-order valence-corrected chi connectivity index (χ4v) is 3.62. The van der Waals surface area contributed by atoms with Gasteiger partial charge in [-0.25, -0.2) is 9.37 Å². The number of alkyl halides is 3. The first kappa shape index (κ1) is 21.0. The Kier molecular flexibility index (Phi) is 5.53. The molecule has 31 heavy (non-hydrogen) atoms. The standard InChI is InChI=1S/C22H19F4N3O2/c1-31-16-6-7-18(23)14(10-16)11-29-9-8-17-19(12-29)27-20(28-21(17)30)13-2-4-15(5-3-13)22(24,25)26/h2-7,10H,8-9,11-12H2,1H3,(H,27,28,30). The van der Waals surface area contributed by atoms with E-state index in [1.165, 1.54) is 25.3 Å². The predicted octanol–water partition coefficient (Wildman–Crippen LogP) is 4.16. The molecule has 1 N–H and O–H groups in total. The fourth-order valence-electron chi connectivity index (χ4n) is 3.62. The number of ether oxygens (including phenoxy) is 1. The average molecular weight is 433 g/mol. The molecule has 0 saturated heterocycles. The Morgan fingerprint density at radius 1 is 1.16 bits per heavy atom. The van der Waals surface area contributed by atoms with Crippen molar-refractivity contribution >= 4 is 0 Å². The zero-order valence-electron chi connectivity index (χ0n) is 16.6. The molecule has 3 aromatic rings. The molecule has 0 saturated carbocycles. The van der Waals surface area contributed by atoms with Crippen LogP contribution in [0.15, 0.2) is 47.3 Å². The van der Waals surface area contributed by atoms with Gasteiger partial charge in [0.15, 0.2) is 0 Å². The summed E-state index contributed by atoms with van der Waals surface area (Å²) < 4.78 is 57.7. The topological polar surface area (TPSA) is 58.2 Å². The summed E-state index contributed by atoms with van der Waals surface area (Å²) in [6.07, 6.45) is -4.00. The first-order valence-electron chi connectivity index (χ1n) is 9.59. The van der Waals surface area contributed by atoms with Crippen molar-refractivity contribution in [3.05, 3.63) is 81.0 Å². The van der Waals surface area contributed by atoms with Crippen LogP contribution in [0.25, 0.3) is 11.4 Å². The molecular weight excluding hydrogens is 414 g/mol. The molecule has 9 heteroatoms. The third-order valence-corrected chi connectivity index (χ3v) is 5.29. The molecule has 0 aliphatic carbocycles. The van der Waals surface area contributed by atoms with Gasteiger partial charge in [-0.2, -0.15) is 13.2 Å². The van der Waals surface area contributed by atoms with Crippen molar-refractivity contribution in [1.82, 2.24) is 14.9 Å². The van der Waals surface area contributed by atoms with Crippen molar-refractivity contribution in [2.24, 2.45) is 0 Å². The van der Waals surface area contributed by atoms with Crippen LogP contribution < -0.4 is 10.3 Å². The molecule has 0 unspecified atom stereocenters. The number of aromatic nitrogens is 2. The van der Waals surface area contributed by atoms with E-state index in [4.69, 9.17) is 4.74 Å². The average Bonchev–Trinajstić information content (AvgIpc) is 2.74. The minimum atomic E-state index is -4.44. The summed E-state index contributed by atoms with van der Waals surface area (Å²) in [6, 6.07) is 8.97. The normalized spacial score (nSPS) is 14.4. The molecule has 1 aliphatic heterocycles. The van der Waals surface area contributed by atoms with Gasteiger partial charge in [0.1, 0.15) is 17.4 Å². The van der Waals surface area contributed by atoms with E-state index < -0.39 is 11.7 Å². The number of hydrogen-bond donors (Lipinski definition) is 1. The molecule has 0 radical (unpaired) electrons. The summed E-state index contributed by atoms with van der Waals surface area (Å²) in [5, 5.41) is 0. The van der Waals surface area contributed by atoms with Crippen molar-refractivity contribution < 1.29 is 22.3 Å². The zero-order chi connectivity index (χ0) is 22.2. The number of rotatable bonds is 4. The lowest BCUT2D eigenvalue weighted by Gasteiger charge is -2.28. The molecule has 0 fully saturated rings. The van der Waals surface area contributed by atoms with Crippen LogP contribution in [-0.2, 0) is 25.7 Å². The van der Waals surface area contributed by atoms with Crippen LogP contribution in [0.2, 0.25) is 0 Å². The van der Waals surface area contributed by atoms with Gasteiger partial charge in [0.05, 0.1) is 18.4 Å². The molecule has 5 nitrogen and oxygen atoms in total. The van der Waals surface area contributed by atoms with Crippen LogP contribution >= 0.6 is 0 Å². The third-order valence-electron chi connectivity index (χ3n) is 5.29. The van der Waals surface area contributed by atoms with E-state index >= 15 is 0 Å². The maximum atomic E-state index is 14.2. The van der Waals surface area contributed by atoms with E-state index in [0.29, 0.717) is 54.2 Å². The van der Waals surface area contributed by atoms with Crippen molar-refractivity contribution in [2.45, 2.75) is 25.7 Å². The SMILES string of the molecule is COc1ccc(F)c(CN2CCc3c(nc(-c4ccc(C(F)(F)F)cc4)[nH]c3=O)C2)c1. The summed E-state index contributed by atoms with van der Waals surface area (Å²) in [7, 11) is 1.51. The van der Waals surface area contributed by atoms with E-state index in [1.54, 1.807) is 12.1 Å². The van der Waals surface area contributed by atoms with Crippen LogP contribution in [0.1, 0.15) is 22.4 Å². The molecule has 2 heterocycles. The van der Waals surface area contributed by atoms with Crippen LogP contribution in [-0.4, -0.2) is 28.5 Å². The van der Waals surface area contributed by atoms with E-state index in [9.17, 15) is 22.4 Å². The summed E-state index contributed by atoms with van der Waals surface area (Å²) in [5.41, 5.74) is 0.834. The van der Waals surface area contributed by atoms with Crippen molar-refractivity contribution in [3.63, 3.8) is 0 Å². The lowest BCUT2D eigenvalue weighted by Crippen LogP contribution is -2.35. The lowest BCUT2D eigenvalue weighted by molar-refractivity contribution is -0.137. The van der Waals surface area contributed by atoms with Gasteiger partial charge in [-0.05, 0) is 36.8 Å². The Balaban J connectivity index is 1.59. The molecule has 0 amide bonds. The Bertz CT molecular complexity index is 1160. The minimum absolute atomic E-state index is 0.201. The van der Waals surface area contributed by atoms with E-state index in [1.807, 2.05) is 4.90 Å². The van der Waals surface area contributed by atoms with E-state index in [-0.39, 0.29) is 17.2 Å². The molecule has 1 aromatic heterocycles. The number of methoxy groups -OCH3 is 1. The van der Waals surface area contributed by atoms with Crippen LogP contribution in [0.5, 0.6) is 5.75 Å². The second-order valence-corrected chi connectivity index (χ2v) is 7.33. The van der Waals surface area contributed by atoms with Crippen LogP contribution in [0.4, 0.5) is 17.6 Å². The summed E-state index contributed by atoms with van der Waals surface area (Å²) in [4.78, 5) is 21.6. The number of benzene rings is 2. The molecular formula is C22H19F4N3O2. The van der Waals surface area contributed by atoms with Gasteiger partial charge in [0.25, 0.3) is 5.56 Å². The first-order chi connectivity index (χ1) is 14.7. The first-order valence-corrected chi connectivity index (χ1v) is 9.59. The van der Waals surface area contributed by atoms with Gasteiger partial charge in [-0.15, -0.1) is 0 Å². The largest absolute Gasteiger partial charge is 0.497 e. The van der Waals surface area contributed by atoms with Crippen LogP contribution in [0, 0.1) is 5.82 Å². The Morgan fingerprint density at radius 3 is 2.58 bits per heavy atom. The van der Waals surface area contributed by atoms with Crippen molar-refractivity contribution in [2.75, 3.05) is 13.7 Å². The summed E-state index contributed by atoms with van der Waals surface area (Å²) in [6.45, 7) is 1.18. The number of halogens is 4. The number of hydrogen-bond acceptors (Lipinski definition) is 4. The third kappa shape index (κ3) is 4.46. The zero-order valence-corrected chi connectivity index (χ0v) is 16.6. The summed E-state index contributed by atoms with van der Waals surface area (Å²) >= 11 is 0. The van der Waals surface area contributed by atoms with Crippen LogP contribution in [0.3, 0.4) is 0 Å². The molecule has 0 bridgehead atoms. The highest BCUT2D eigenvalue weighted by atomic mass is 19.4. The van der Waals surface area contributed by atoms with Gasteiger partial charge in [0, 0.05) is 36.3 Å². The highest BCUT2D eigenvalue weighted by molar-refractivity contribution is 5.56. The van der Waals surface area contributed by atoms with Gasteiger partial charge >= 0.3 is 6.18 Å². The Labute approximate surface area is 175 Å². The molecule has 4 rings (SSSR count). The van der Waals surface area contributed by atoms with Crippen molar-refractivity contribution in [3.8, 4) is 17.1 Å². The maximum Gasteiger partial charge on any atom is 0.416 e. The second kappa shape index (κ2) is 8.14. The second-order valence-electron chi connectivity index (χ2n) is 7.33. The van der Waals surface area contributed by atoms with Gasteiger partial charge in [-0.1, -0.05) is 12.1 Å². The van der Waals surface area contributed by atoms with Gasteiger partial charge < -0.3 is 9.72 Å². The highest BCUT2D eigenvalue weighted by Gasteiger charge is 2.30. The van der Waals surface area contributed by atoms with Gasteiger partial charge in [-0.3, -0.25) is 9.69 Å². The Morgan fingerprint density at radius 2 is 1.90 bits per heavy atom. The number of fused-ring (bicyclic) bond motifs is 1. The van der Waals surface area contributed by atoms with E-state index in [2.05, 4.69) is 9.97 Å².